The van der Waals surface area contributed by atoms with E-state index < -0.39 is 0 Å². The number of hydrogen-bond donors (Lipinski definition) is 0. The predicted octanol–water partition coefficient (Wildman–Crippen LogP) is 4.58. The monoisotopic (exact) mass is 278 g/mol. The molecule has 0 aromatic heterocycles. The van der Waals surface area contributed by atoms with Gasteiger partial charge in [-0.15, -0.1) is 11.6 Å². The quantitative estimate of drug-likeness (QED) is 0.555. The van der Waals surface area contributed by atoms with E-state index in [9.17, 15) is 4.39 Å². The zero-order chi connectivity index (χ0) is 13.5. The SMILES string of the molecule is Fc1cccc(CCl)c1OCCCc1ccccc1. The summed E-state index contributed by atoms with van der Waals surface area (Å²) >= 11 is 5.77. The Labute approximate surface area is 118 Å². The third-order valence-electron chi connectivity index (χ3n) is 2.89. The number of halogens is 2. The molecule has 0 bridgehead atoms. The molecule has 19 heavy (non-hydrogen) atoms. The van der Waals surface area contributed by atoms with Crippen molar-refractivity contribution < 1.29 is 9.13 Å². The van der Waals surface area contributed by atoms with E-state index in [2.05, 4.69) is 12.1 Å². The minimum atomic E-state index is -0.349. The maximum atomic E-state index is 13.6. The molecule has 0 spiro atoms. The lowest BCUT2D eigenvalue weighted by molar-refractivity contribution is 0.293. The Balaban J connectivity index is 1.86. The van der Waals surface area contributed by atoms with Crippen LogP contribution in [-0.2, 0) is 12.3 Å². The van der Waals surface area contributed by atoms with E-state index in [-0.39, 0.29) is 17.4 Å². The number of ether oxygens (including phenoxy) is 1. The van der Waals surface area contributed by atoms with E-state index in [1.54, 1.807) is 12.1 Å². The van der Waals surface area contributed by atoms with E-state index in [0.717, 1.165) is 12.8 Å². The van der Waals surface area contributed by atoms with Crippen LogP contribution in [0.1, 0.15) is 17.5 Å². The first-order valence-electron chi connectivity index (χ1n) is 6.31. The van der Waals surface area contributed by atoms with Gasteiger partial charge in [0.15, 0.2) is 11.6 Å². The van der Waals surface area contributed by atoms with Gasteiger partial charge in [0.25, 0.3) is 0 Å². The number of rotatable bonds is 6. The molecule has 2 aromatic carbocycles. The molecule has 0 fully saturated rings. The predicted molar refractivity (Wildman–Crippen MR) is 76.2 cm³/mol. The first kappa shape index (κ1) is 13.9. The molecule has 0 aliphatic carbocycles. The third kappa shape index (κ3) is 3.97. The van der Waals surface area contributed by atoms with Crippen molar-refractivity contribution in [2.45, 2.75) is 18.7 Å². The minimum absolute atomic E-state index is 0.256. The van der Waals surface area contributed by atoms with Crippen LogP contribution >= 0.6 is 11.6 Å². The fourth-order valence-electron chi connectivity index (χ4n) is 1.92. The minimum Gasteiger partial charge on any atom is -0.490 e. The molecule has 0 aliphatic heterocycles. The number of alkyl halides is 1. The van der Waals surface area contributed by atoms with Crippen LogP contribution in [0.3, 0.4) is 0 Å². The average Bonchev–Trinajstić information content (AvgIpc) is 2.46. The Morgan fingerprint density at radius 2 is 1.79 bits per heavy atom. The lowest BCUT2D eigenvalue weighted by atomic mass is 10.1. The van der Waals surface area contributed by atoms with Gasteiger partial charge in [0.05, 0.1) is 12.5 Å². The van der Waals surface area contributed by atoms with Crippen molar-refractivity contribution in [3.63, 3.8) is 0 Å². The van der Waals surface area contributed by atoms with Gasteiger partial charge in [-0.3, -0.25) is 0 Å². The van der Waals surface area contributed by atoms with Gasteiger partial charge in [0, 0.05) is 5.56 Å². The first-order valence-corrected chi connectivity index (χ1v) is 6.85. The number of benzene rings is 2. The summed E-state index contributed by atoms with van der Waals surface area (Å²) in [5.74, 6) is 0.189. The summed E-state index contributed by atoms with van der Waals surface area (Å²) in [5.41, 5.74) is 1.96. The summed E-state index contributed by atoms with van der Waals surface area (Å²) in [6, 6.07) is 15.0. The van der Waals surface area contributed by atoms with Gasteiger partial charge in [0.1, 0.15) is 0 Å². The highest BCUT2D eigenvalue weighted by molar-refractivity contribution is 6.17. The van der Waals surface area contributed by atoms with E-state index in [1.165, 1.54) is 11.6 Å². The van der Waals surface area contributed by atoms with Gasteiger partial charge in [-0.05, 0) is 24.5 Å². The molecule has 0 saturated carbocycles. The molecular weight excluding hydrogens is 263 g/mol. The van der Waals surface area contributed by atoms with Crippen molar-refractivity contribution in [1.29, 1.82) is 0 Å². The van der Waals surface area contributed by atoms with Crippen LogP contribution in [0.2, 0.25) is 0 Å². The van der Waals surface area contributed by atoms with Crippen LogP contribution in [0.5, 0.6) is 5.75 Å². The van der Waals surface area contributed by atoms with E-state index in [0.29, 0.717) is 12.2 Å². The Kier molecular flexibility index (Phi) is 5.22. The maximum Gasteiger partial charge on any atom is 0.165 e. The molecule has 100 valence electrons. The molecule has 2 rings (SSSR count). The van der Waals surface area contributed by atoms with Crippen LogP contribution in [0.25, 0.3) is 0 Å². The van der Waals surface area contributed by atoms with Crippen LogP contribution in [0.4, 0.5) is 4.39 Å². The zero-order valence-corrected chi connectivity index (χ0v) is 11.4. The Morgan fingerprint density at radius 3 is 2.53 bits per heavy atom. The van der Waals surface area contributed by atoms with Crippen molar-refractivity contribution in [2.75, 3.05) is 6.61 Å². The normalized spacial score (nSPS) is 10.4. The molecule has 2 aromatic rings. The lowest BCUT2D eigenvalue weighted by Crippen LogP contribution is -2.03. The van der Waals surface area contributed by atoms with Gasteiger partial charge < -0.3 is 4.74 Å². The molecule has 1 nitrogen and oxygen atoms in total. The summed E-state index contributed by atoms with van der Waals surface area (Å²) in [5, 5.41) is 0. The second-order valence-corrected chi connectivity index (χ2v) is 4.57. The van der Waals surface area contributed by atoms with E-state index >= 15 is 0 Å². The molecule has 0 amide bonds. The summed E-state index contributed by atoms with van der Waals surface area (Å²) in [7, 11) is 0. The Hall–Kier alpha value is -1.54. The van der Waals surface area contributed by atoms with Crippen LogP contribution < -0.4 is 4.74 Å². The topological polar surface area (TPSA) is 9.23 Å². The Bertz CT molecular complexity index is 513. The number of hydrogen-bond acceptors (Lipinski definition) is 1. The maximum absolute atomic E-state index is 13.6. The molecule has 0 N–H and O–H groups in total. The van der Waals surface area contributed by atoms with Crippen LogP contribution in [0.15, 0.2) is 48.5 Å². The fourth-order valence-corrected chi connectivity index (χ4v) is 2.13. The molecule has 3 heteroatoms. The van der Waals surface area contributed by atoms with Gasteiger partial charge >= 0.3 is 0 Å². The van der Waals surface area contributed by atoms with Gasteiger partial charge in [0.2, 0.25) is 0 Å². The van der Waals surface area contributed by atoms with Crippen molar-refractivity contribution in [3.8, 4) is 5.75 Å². The highest BCUT2D eigenvalue weighted by Crippen LogP contribution is 2.24. The number of aryl methyl sites for hydroxylation is 1. The molecule has 0 saturated heterocycles. The number of para-hydroxylation sites is 1. The first-order chi connectivity index (χ1) is 9.31. The highest BCUT2D eigenvalue weighted by atomic mass is 35.5. The summed E-state index contributed by atoms with van der Waals surface area (Å²) < 4.78 is 19.1. The smallest absolute Gasteiger partial charge is 0.165 e. The van der Waals surface area contributed by atoms with Crippen molar-refractivity contribution in [1.82, 2.24) is 0 Å². The molecule has 0 radical (unpaired) electrons. The van der Waals surface area contributed by atoms with Crippen molar-refractivity contribution in [3.05, 3.63) is 65.5 Å². The average molecular weight is 279 g/mol. The van der Waals surface area contributed by atoms with E-state index in [4.69, 9.17) is 16.3 Å². The van der Waals surface area contributed by atoms with E-state index in [1.807, 2.05) is 18.2 Å². The Morgan fingerprint density at radius 1 is 1.00 bits per heavy atom. The zero-order valence-electron chi connectivity index (χ0n) is 10.6. The lowest BCUT2D eigenvalue weighted by Gasteiger charge is -2.10. The molecule has 0 unspecified atom stereocenters. The summed E-state index contributed by atoms with van der Waals surface area (Å²) in [6.07, 6.45) is 1.77. The molecule has 0 atom stereocenters. The molecule has 0 heterocycles. The highest BCUT2D eigenvalue weighted by Gasteiger charge is 2.08. The molecular formula is C16H16ClFO. The second-order valence-electron chi connectivity index (χ2n) is 4.30. The van der Waals surface area contributed by atoms with Crippen molar-refractivity contribution >= 4 is 11.6 Å². The third-order valence-corrected chi connectivity index (χ3v) is 3.18. The second kappa shape index (κ2) is 7.15. The summed E-state index contributed by atoms with van der Waals surface area (Å²) in [6.45, 7) is 0.486. The van der Waals surface area contributed by atoms with Gasteiger partial charge in [-0.25, -0.2) is 4.39 Å². The molecule has 0 aliphatic rings. The standard InChI is InChI=1S/C16H16ClFO/c17-12-14-9-4-10-15(18)16(14)19-11-5-8-13-6-2-1-3-7-13/h1-4,6-7,9-10H,5,8,11-12H2. The van der Waals surface area contributed by atoms with Crippen LogP contribution in [-0.4, -0.2) is 6.61 Å². The van der Waals surface area contributed by atoms with Gasteiger partial charge in [-0.2, -0.15) is 0 Å². The summed E-state index contributed by atoms with van der Waals surface area (Å²) in [4.78, 5) is 0. The van der Waals surface area contributed by atoms with Crippen molar-refractivity contribution in [2.24, 2.45) is 0 Å². The largest absolute Gasteiger partial charge is 0.490 e. The van der Waals surface area contributed by atoms with Gasteiger partial charge in [-0.1, -0.05) is 42.5 Å². The van der Waals surface area contributed by atoms with Crippen LogP contribution in [0, 0.1) is 5.82 Å². The fraction of sp³-hybridized carbons (Fsp3) is 0.250.